The summed E-state index contributed by atoms with van der Waals surface area (Å²) in [4.78, 5) is 15.8. The third-order valence-corrected chi connectivity index (χ3v) is 4.32. The second kappa shape index (κ2) is 8.10. The lowest BCUT2D eigenvalue weighted by molar-refractivity contribution is 0.0693. The maximum Gasteiger partial charge on any atom is 0.339 e. The number of aromatic carboxylic acids is 1. The van der Waals surface area contributed by atoms with Gasteiger partial charge in [-0.1, -0.05) is 23.7 Å². The number of halogens is 1. The number of carboxylic acid groups (broad SMARTS) is 1. The molecular weight excluding hydrogens is 364 g/mol. The van der Waals surface area contributed by atoms with Crippen LogP contribution in [0, 0.1) is 6.92 Å². The second-order valence-corrected chi connectivity index (χ2v) is 6.58. The van der Waals surface area contributed by atoms with Gasteiger partial charge in [-0.15, -0.1) is 0 Å². The van der Waals surface area contributed by atoms with Crippen molar-refractivity contribution in [1.82, 2.24) is 4.98 Å². The fourth-order valence-corrected chi connectivity index (χ4v) is 3.14. The van der Waals surface area contributed by atoms with Crippen molar-refractivity contribution in [3.05, 3.63) is 76.4 Å². The van der Waals surface area contributed by atoms with E-state index in [4.69, 9.17) is 16.3 Å². The molecule has 1 heterocycles. The van der Waals surface area contributed by atoms with Crippen LogP contribution in [0.15, 0.2) is 54.7 Å². The number of ether oxygens (including phenoxy) is 1. The Morgan fingerprint density at radius 3 is 2.56 bits per heavy atom. The quantitative estimate of drug-likeness (QED) is 0.625. The molecule has 0 saturated carbocycles. The standard InChI is InChI=1S/C21H19ClN2O3/c1-13-7-14(9-17(22)8-13)11-23-20-6-4-16(12-24-20)15-3-5-19(27-2)18(10-15)21(25)26/h3-10,12H,11H2,1-2H3,(H,23,24)(H,25,26). The molecule has 138 valence electrons. The molecule has 0 amide bonds. The van der Waals surface area contributed by atoms with E-state index in [-0.39, 0.29) is 5.56 Å². The summed E-state index contributed by atoms with van der Waals surface area (Å²) in [6, 6.07) is 14.7. The van der Waals surface area contributed by atoms with E-state index >= 15 is 0 Å². The van der Waals surface area contributed by atoms with Crippen molar-refractivity contribution in [2.24, 2.45) is 0 Å². The highest BCUT2D eigenvalue weighted by Gasteiger charge is 2.12. The summed E-state index contributed by atoms with van der Waals surface area (Å²) < 4.78 is 5.09. The Bertz CT molecular complexity index is 951. The maximum absolute atomic E-state index is 11.4. The number of aryl methyl sites for hydroxylation is 1. The summed E-state index contributed by atoms with van der Waals surface area (Å²) >= 11 is 6.08. The van der Waals surface area contributed by atoms with E-state index in [1.807, 2.05) is 37.3 Å². The lowest BCUT2D eigenvalue weighted by Crippen LogP contribution is -2.02. The second-order valence-electron chi connectivity index (χ2n) is 6.14. The Morgan fingerprint density at radius 1 is 1.15 bits per heavy atom. The van der Waals surface area contributed by atoms with Gasteiger partial charge in [-0.25, -0.2) is 9.78 Å². The molecule has 0 aliphatic rings. The summed E-state index contributed by atoms with van der Waals surface area (Å²) in [6.07, 6.45) is 1.71. The molecule has 3 rings (SSSR count). The van der Waals surface area contributed by atoms with E-state index in [0.29, 0.717) is 17.3 Å². The zero-order valence-electron chi connectivity index (χ0n) is 15.0. The number of carbonyl (C=O) groups is 1. The molecule has 0 unspecified atom stereocenters. The van der Waals surface area contributed by atoms with Crippen LogP contribution in [-0.4, -0.2) is 23.2 Å². The summed E-state index contributed by atoms with van der Waals surface area (Å²) in [5.41, 5.74) is 3.89. The average molecular weight is 383 g/mol. The molecule has 2 N–H and O–H groups in total. The van der Waals surface area contributed by atoms with Crippen molar-refractivity contribution in [1.29, 1.82) is 0 Å². The van der Waals surface area contributed by atoms with Crippen molar-refractivity contribution in [3.8, 4) is 16.9 Å². The predicted molar refractivity (Wildman–Crippen MR) is 107 cm³/mol. The van der Waals surface area contributed by atoms with Crippen molar-refractivity contribution in [2.75, 3.05) is 12.4 Å². The number of nitrogens with zero attached hydrogens (tertiary/aromatic N) is 1. The molecule has 0 bridgehead atoms. The highest BCUT2D eigenvalue weighted by Crippen LogP contribution is 2.27. The zero-order valence-corrected chi connectivity index (χ0v) is 15.7. The molecule has 0 fully saturated rings. The topological polar surface area (TPSA) is 71.5 Å². The molecular formula is C21H19ClN2O3. The van der Waals surface area contributed by atoms with Crippen molar-refractivity contribution in [3.63, 3.8) is 0 Å². The van der Waals surface area contributed by atoms with E-state index in [9.17, 15) is 9.90 Å². The van der Waals surface area contributed by atoms with Crippen LogP contribution >= 0.6 is 11.6 Å². The molecule has 0 spiro atoms. The third kappa shape index (κ3) is 4.57. The Balaban J connectivity index is 1.75. The Labute approximate surface area is 162 Å². The molecule has 1 aromatic heterocycles. The van der Waals surface area contributed by atoms with Gasteiger partial charge < -0.3 is 15.2 Å². The van der Waals surface area contributed by atoms with Crippen LogP contribution in [0.3, 0.4) is 0 Å². The van der Waals surface area contributed by atoms with Gasteiger partial charge in [-0.05, 0) is 60.0 Å². The molecule has 5 nitrogen and oxygen atoms in total. The lowest BCUT2D eigenvalue weighted by atomic mass is 10.0. The van der Waals surface area contributed by atoms with Crippen LogP contribution in [0.4, 0.5) is 5.82 Å². The summed E-state index contributed by atoms with van der Waals surface area (Å²) in [7, 11) is 1.45. The van der Waals surface area contributed by atoms with E-state index in [0.717, 1.165) is 28.1 Å². The monoisotopic (exact) mass is 382 g/mol. The highest BCUT2D eigenvalue weighted by atomic mass is 35.5. The maximum atomic E-state index is 11.4. The van der Waals surface area contributed by atoms with Gasteiger partial charge in [0.05, 0.1) is 7.11 Å². The molecule has 27 heavy (non-hydrogen) atoms. The van der Waals surface area contributed by atoms with Gasteiger partial charge in [0.2, 0.25) is 0 Å². The minimum absolute atomic E-state index is 0.119. The first-order chi connectivity index (χ1) is 13.0. The van der Waals surface area contributed by atoms with Crippen LogP contribution < -0.4 is 10.1 Å². The van der Waals surface area contributed by atoms with Gasteiger partial charge in [-0.2, -0.15) is 0 Å². The van der Waals surface area contributed by atoms with Crippen molar-refractivity contribution >= 4 is 23.4 Å². The summed E-state index contributed by atoms with van der Waals surface area (Å²) in [6.45, 7) is 2.61. The number of carboxylic acids is 1. The van der Waals surface area contributed by atoms with Gasteiger partial charge in [0.25, 0.3) is 0 Å². The minimum atomic E-state index is -1.03. The first-order valence-electron chi connectivity index (χ1n) is 8.34. The molecule has 0 atom stereocenters. The van der Waals surface area contributed by atoms with Crippen LogP contribution in [0.5, 0.6) is 5.75 Å². The van der Waals surface area contributed by atoms with Gasteiger partial charge >= 0.3 is 5.97 Å². The van der Waals surface area contributed by atoms with Crippen LogP contribution in [-0.2, 0) is 6.54 Å². The van der Waals surface area contributed by atoms with Crippen LogP contribution in [0.2, 0.25) is 5.02 Å². The first-order valence-corrected chi connectivity index (χ1v) is 8.72. The SMILES string of the molecule is COc1ccc(-c2ccc(NCc3cc(C)cc(Cl)c3)nc2)cc1C(=O)O. The molecule has 6 heteroatoms. The third-order valence-electron chi connectivity index (χ3n) is 4.10. The zero-order chi connectivity index (χ0) is 19.4. The van der Waals surface area contributed by atoms with Gasteiger partial charge in [-0.3, -0.25) is 0 Å². The molecule has 0 aliphatic heterocycles. The van der Waals surface area contributed by atoms with Crippen molar-refractivity contribution in [2.45, 2.75) is 13.5 Å². The summed E-state index contributed by atoms with van der Waals surface area (Å²) in [5, 5.41) is 13.3. The predicted octanol–water partition coefficient (Wildman–Crippen LogP) is 5.03. The normalized spacial score (nSPS) is 10.5. The smallest absolute Gasteiger partial charge is 0.339 e. The molecule has 0 radical (unpaired) electrons. The first kappa shape index (κ1) is 18.7. The van der Waals surface area contributed by atoms with E-state index in [2.05, 4.69) is 16.4 Å². The van der Waals surface area contributed by atoms with E-state index in [1.165, 1.54) is 7.11 Å². The van der Waals surface area contributed by atoms with Gasteiger partial charge in [0.1, 0.15) is 17.1 Å². The number of nitrogens with one attached hydrogen (secondary N) is 1. The fraction of sp³-hybridized carbons (Fsp3) is 0.143. The van der Waals surface area contributed by atoms with Crippen LogP contribution in [0.1, 0.15) is 21.5 Å². The number of anilines is 1. The largest absolute Gasteiger partial charge is 0.496 e. The van der Waals surface area contributed by atoms with Gasteiger partial charge in [0.15, 0.2) is 0 Å². The Hall–Kier alpha value is -3.05. The number of pyridine rings is 1. The Morgan fingerprint density at radius 2 is 1.93 bits per heavy atom. The minimum Gasteiger partial charge on any atom is -0.496 e. The molecule has 2 aromatic carbocycles. The Kier molecular flexibility index (Phi) is 5.62. The average Bonchev–Trinajstić information content (AvgIpc) is 2.65. The number of methoxy groups -OCH3 is 1. The highest BCUT2D eigenvalue weighted by molar-refractivity contribution is 6.30. The molecule has 0 aliphatic carbocycles. The van der Waals surface area contributed by atoms with Crippen LogP contribution in [0.25, 0.3) is 11.1 Å². The van der Waals surface area contributed by atoms with E-state index in [1.54, 1.807) is 18.3 Å². The fourth-order valence-electron chi connectivity index (χ4n) is 2.83. The van der Waals surface area contributed by atoms with Gasteiger partial charge in [0, 0.05) is 23.3 Å². The number of benzene rings is 2. The molecule has 3 aromatic rings. The van der Waals surface area contributed by atoms with E-state index < -0.39 is 5.97 Å². The number of hydrogen-bond acceptors (Lipinski definition) is 4. The number of rotatable bonds is 6. The van der Waals surface area contributed by atoms with Crippen molar-refractivity contribution < 1.29 is 14.6 Å². The summed E-state index contributed by atoms with van der Waals surface area (Å²) in [5.74, 6) is 0.0226. The lowest BCUT2D eigenvalue weighted by Gasteiger charge is -2.10. The number of hydrogen-bond donors (Lipinski definition) is 2. The number of aromatic nitrogens is 1. The molecule has 0 saturated heterocycles.